The Hall–Kier alpha value is -2.92. The number of carbonyl (C=O) groups excluding carboxylic acids is 1. The number of carbonyl (C=O) groups is 1. The molecule has 140 valence electrons. The molecule has 0 saturated heterocycles. The van der Waals surface area contributed by atoms with Gasteiger partial charge in [0, 0.05) is 42.7 Å². The molecular formula is C22H24N2O3. The third kappa shape index (κ3) is 4.63. The van der Waals surface area contributed by atoms with E-state index in [0.29, 0.717) is 37.1 Å². The molecule has 27 heavy (non-hydrogen) atoms. The molecule has 0 spiro atoms. The lowest BCUT2D eigenvalue weighted by Gasteiger charge is -2.11. The molecule has 5 heteroatoms. The number of hydrogen-bond donors (Lipinski definition) is 1. The number of pyridine rings is 1. The average molecular weight is 364 g/mol. The van der Waals surface area contributed by atoms with Crippen LogP contribution in [0.4, 0.5) is 5.69 Å². The van der Waals surface area contributed by atoms with E-state index in [4.69, 9.17) is 4.74 Å². The Morgan fingerprint density at radius 3 is 2.70 bits per heavy atom. The van der Waals surface area contributed by atoms with Gasteiger partial charge < -0.3 is 14.6 Å². The number of nitrogens with one attached hydrogen (secondary N) is 1. The van der Waals surface area contributed by atoms with E-state index in [1.54, 1.807) is 30.0 Å². The summed E-state index contributed by atoms with van der Waals surface area (Å²) in [5, 5.41) is 4.29. The molecule has 0 aliphatic carbocycles. The molecule has 3 rings (SSSR count). The lowest BCUT2D eigenvalue weighted by atomic mass is 10.1. The maximum Gasteiger partial charge on any atom is 0.258 e. The Kier molecular flexibility index (Phi) is 6.04. The Morgan fingerprint density at radius 1 is 1.11 bits per heavy atom. The number of aryl methyl sites for hydroxylation is 2. The molecule has 0 fully saturated rings. The fraction of sp³-hybridized carbons (Fsp3) is 0.273. The molecule has 0 bridgehead atoms. The molecule has 0 aliphatic rings. The molecule has 0 saturated carbocycles. The summed E-state index contributed by atoms with van der Waals surface area (Å²) < 4.78 is 6.66. The molecule has 1 amide bonds. The molecule has 1 aromatic heterocycles. The van der Waals surface area contributed by atoms with Crippen molar-refractivity contribution in [2.24, 2.45) is 0 Å². The van der Waals surface area contributed by atoms with E-state index in [1.807, 2.05) is 37.3 Å². The van der Waals surface area contributed by atoms with Crippen molar-refractivity contribution in [2.45, 2.75) is 26.3 Å². The highest BCUT2D eigenvalue weighted by Gasteiger charge is 2.09. The largest absolute Gasteiger partial charge is 0.383 e. The molecule has 1 N–H and O–H groups in total. The van der Waals surface area contributed by atoms with Crippen molar-refractivity contribution in [1.29, 1.82) is 0 Å². The predicted molar refractivity (Wildman–Crippen MR) is 108 cm³/mol. The summed E-state index contributed by atoms with van der Waals surface area (Å²) in [5.74, 6) is -0.0624. The first-order chi connectivity index (χ1) is 13.1. The molecule has 0 unspecified atom stereocenters. The number of hydrogen-bond acceptors (Lipinski definition) is 3. The zero-order valence-corrected chi connectivity index (χ0v) is 15.7. The van der Waals surface area contributed by atoms with Gasteiger partial charge in [-0.05, 0) is 37.1 Å². The lowest BCUT2D eigenvalue weighted by molar-refractivity contribution is -0.116. The van der Waals surface area contributed by atoms with E-state index in [-0.39, 0.29) is 11.5 Å². The van der Waals surface area contributed by atoms with Crippen LogP contribution in [0.2, 0.25) is 0 Å². The van der Waals surface area contributed by atoms with Crippen molar-refractivity contribution in [3.05, 3.63) is 76.2 Å². The maximum atomic E-state index is 12.6. The van der Waals surface area contributed by atoms with Gasteiger partial charge in [0.15, 0.2) is 0 Å². The molecular weight excluding hydrogens is 340 g/mol. The van der Waals surface area contributed by atoms with E-state index in [0.717, 1.165) is 10.9 Å². The second kappa shape index (κ2) is 8.64. The summed E-state index contributed by atoms with van der Waals surface area (Å²) in [6, 6.07) is 15.4. The van der Waals surface area contributed by atoms with Gasteiger partial charge in [-0.25, -0.2) is 0 Å². The number of fused-ring (bicyclic) bond motifs is 1. The van der Waals surface area contributed by atoms with Crippen LogP contribution in [0.3, 0.4) is 0 Å². The highest BCUT2D eigenvalue weighted by Crippen LogP contribution is 2.21. The minimum Gasteiger partial charge on any atom is -0.383 e. The quantitative estimate of drug-likeness (QED) is 0.698. The lowest BCUT2D eigenvalue weighted by Crippen LogP contribution is -2.22. The van der Waals surface area contributed by atoms with Gasteiger partial charge >= 0.3 is 0 Å². The number of methoxy groups -OCH3 is 1. The number of benzene rings is 2. The van der Waals surface area contributed by atoms with Gasteiger partial charge in [0.2, 0.25) is 5.91 Å². The monoisotopic (exact) mass is 364 g/mol. The van der Waals surface area contributed by atoms with E-state index in [2.05, 4.69) is 11.4 Å². The second-order valence-electron chi connectivity index (χ2n) is 6.61. The Labute approximate surface area is 158 Å². The number of nitrogens with zero attached hydrogens (tertiary/aromatic N) is 1. The van der Waals surface area contributed by atoms with Gasteiger partial charge in [0.1, 0.15) is 0 Å². The van der Waals surface area contributed by atoms with Gasteiger partial charge in [0.25, 0.3) is 5.56 Å². The van der Waals surface area contributed by atoms with Crippen LogP contribution in [-0.2, 0) is 22.5 Å². The topological polar surface area (TPSA) is 60.3 Å². The number of ether oxygens (including phenoxy) is 1. The average Bonchev–Trinajstić information content (AvgIpc) is 2.66. The van der Waals surface area contributed by atoms with Crippen LogP contribution in [0.5, 0.6) is 0 Å². The van der Waals surface area contributed by atoms with Crippen molar-refractivity contribution >= 4 is 22.4 Å². The normalized spacial score (nSPS) is 10.9. The second-order valence-corrected chi connectivity index (χ2v) is 6.61. The molecule has 0 atom stereocenters. The van der Waals surface area contributed by atoms with Crippen molar-refractivity contribution in [3.63, 3.8) is 0 Å². The van der Waals surface area contributed by atoms with Crippen LogP contribution in [-0.4, -0.2) is 24.2 Å². The van der Waals surface area contributed by atoms with Crippen LogP contribution in [0.15, 0.2) is 59.5 Å². The summed E-state index contributed by atoms with van der Waals surface area (Å²) in [6.45, 7) is 3.01. The highest BCUT2D eigenvalue weighted by molar-refractivity contribution is 6.01. The zero-order valence-electron chi connectivity index (χ0n) is 15.7. The number of rotatable bonds is 7. The van der Waals surface area contributed by atoms with E-state index < -0.39 is 0 Å². The minimum absolute atomic E-state index is 0.0624. The fourth-order valence-corrected chi connectivity index (χ4v) is 3.13. The van der Waals surface area contributed by atoms with Gasteiger partial charge in [-0.1, -0.05) is 35.9 Å². The van der Waals surface area contributed by atoms with E-state index in [9.17, 15) is 9.59 Å². The van der Waals surface area contributed by atoms with E-state index in [1.165, 1.54) is 5.56 Å². The summed E-state index contributed by atoms with van der Waals surface area (Å²) in [5.41, 5.74) is 2.91. The summed E-state index contributed by atoms with van der Waals surface area (Å²) in [6.07, 6.45) is 2.82. The molecule has 1 heterocycles. The summed E-state index contributed by atoms with van der Waals surface area (Å²) in [4.78, 5) is 25.0. The minimum atomic E-state index is -0.0830. The maximum absolute atomic E-state index is 12.6. The predicted octanol–water partition coefficient (Wildman–Crippen LogP) is 3.53. The van der Waals surface area contributed by atoms with Crippen molar-refractivity contribution in [1.82, 2.24) is 4.57 Å². The SMILES string of the molecule is COCCn1ccc2c(NC(=O)CCc3cccc(C)c3)cccc2c1=O. The fourth-order valence-electron chi connectivity index (χ4n) is 3.13. The van der Waals surface area contributed by atoms with Gasteiger partial charge in [0.05, 0.1) is 6.61 Å². The summed E-state index contributed by atoms with van der Waals surface area (Å²) in [7, 11) is 1.61. The Bertz CT molecular complexity index is 1010. The van der Waals surface area contributed by atoms with Gasteiger partial charge in [-0.3, -0.25) is 9.59 Å². The van der Waals surface area contributed by atoms with Crippen molar-refractivity contribution < 1.29 is 9.53 Å². The standard InChI is InChI=1S/C22H24N2O3/c1-16-5-3-6-17(15-16)9-10-21(25)23-20-8-4-7-19-18(20)11-12-24(22(19)26)13-14-27-2/h3-8,11-12,15H,9-10,13-14H2,1-2H3,(H,23,25). The Balaban J connectivity index is 1.75. The van der Waals surface area contributed by atoms with E-state index >= 15 is 0 Å². The molecule has 0 aliphatic heterocycles. The molecule has 5 nitrogen and oxygen atoms in total. The third-order valence-corrected chi connectivity index (χ3v) is 4.55. The van der Waals surface area contributed by atoms with Crippen molar-refractivity contribution in [3.8, 4) is 0 Å². The molecule has 3 aromatic rings. The number of aromatic nitrogens is 1. The first kappa shape index (κ1) is 18.9. The van der Waals surface area contributed by atoms with Gasteiger partial charge in [-0.2, -0.15) is 0 Å². The zero-order chi connectivity index (χ0) is 19.2. The van der Waals surface area contributed by atoms with Gasteiger partial charge in [-0.15, -0.1) is 0 Å². The Morgan fingerprint density at radius 2 is 1.93 bits per heavy atom. The van der Waals surface area contributed by atoms with Crippen LogP contribution in [0.25, 0.3) is 10.8 Å². The first-order valence-electron chi connectivity index (χ1n) is 9.05. The van der Waals surface area contributed by atoms with Crippen molar-refractivity contribution in [2.75, 3.05) is 19.0 Å². The number of amides is 1. The summed E-state index contributed by atoms with van der Waals surface area (Å²) >= 11 is 0. The third-order valence-electron chi connectivity index (χ3n) is 4.55. The van der Waals surface area contributed by atoms with Crippen LogP contribution in [0.1, 0.15) is 17.5 Å². The number of anilines is 1. The smallest absolute Gasteiger partial charge is 0.258 e. The first-order valence-corrected chi connectivity index (χ1v) is 9.05. The highest BCUT2D eigenvalue weighted by atomic mass is 16.5. The van der Waals surface area contributed by atoms with Crippen LogP contribution < -0.4 is 10.9 Å². The van der Waals surface area contributed by atoms with Crippen LogP contribution in [0, 0.1) is 6.92 Å². The molecule has 2 aromatic carbocycles. The molecule has 0 radical (unpaired) electrons. The van der Waals surface area contributed by atoms with Crippen LogP contribution >= 0.6 is 0 Å².